The summed E-state index contributed by atoms with van der Waals surface area (Å²) in [6, 6.07) is 4.43. The molecule has 0 aromatic heterocycles. The lowest BCUT2D eigenvalue weighted by Crippen LogP contribution is -2.16. The van der Waals surface area contributed by atoms with Crippen LogP contribution in [0.25, 0.3) is 0 Å². The molecule has 1 unspecified atom stereocenters. The molecule has 0 saturated carbocycles. The molecule has 1 atom stereocenters. The van der Waals surface area contributed by atoms with Crippen LogP contribution in [0.5, 0.6) is 0 Å². The van der Waals surface area contributed by atoms with Gasteiger partial charge in [0.15, 0.2) is 0 Å². The van der Waals surface area contributed by atoms with Crippen LogP contribution in [0.1, 0.15) is 12.0 Å². The predicted molar refractivity (Wildman–Crippen MR) is 73.4 cm³/mol. The van der Waals surface area contributed by atoms with Gasteiger partial charge in [-0.3, -0.25) is 14.3 Å². The summed E-state index contributed by atoms with van der Waals surface area (Å²) in [6.07, 6.45) is 2.50. The third kappa shape index (κ3) is 5.12. The van der Waals surface area contributed by atoms with Crippen molar-refractivity contribution >= 4 is 28.1 Å². The Kier molecular flexibility index (Phi) is 6.24. The van der Waals surface area contributed by atoms with Crippen LogP contribution in [-0.2, 0) is 17.3 Å². The molecular formula is C11H15ClN2O3S. The molecule has 7 heteroatoms. The van der Waals surface area contributed by atoms with Gasteiger partial charge in [0.2, 0.25) is 0 Å². The van der Waals surface area contributed by atoms with Gasteiger partial charge in [0.1, 0.15) is 0 Å². The Balaban J connectivity index is 2.43. The van der Waals surface area contributed by atoms with E-state index in [9.17, 15) is 14.3 Å². The van der Waals surface area contributed by atoms with Gasteiger partial charge in [-0.15, -0.1) is 0 Å². The number of nitro benzene ring substituents is 1. The van der Waals surface area contributed by atoms with Gasteiger partial charge < -0.3 is 5.32 Å². The molecule has 0 radical (unpaired) electrons. The van der Waals surface area contributed by atoms with Crippen LogP contribution in [0.3, 0.4) is 0 Å². The van der Waals surface area contributed by atoms with Crippen molar-refractivity contribution in [3.05, 3.63) is 38.9 Å². The quantitative estimate of drug-likeness (QED) is 0.474. The van der Waals surface area contributed by atoms with Crippen molar-refractivity contribution < 1.29 is 9.13 Å². The van der Waals surface area contributed by atoms with Gasteiger partial charge in [-0.25, -0.2) is 0 Å². The zero-order valence-corrected chi connectivity index (χ0v) is 11.6. The number of non-ortho nitro benzene ring substituents is 1. The summed E-state index contributed by atoms with van der Waals surface area (Å²) >= 11 is 5.94. The summed E-state index contributed by atoms with van der Waals surface area (Å²) in [5.74, 6) is 0.668. The molecule has 18 heavy (non-hydrogen) atoms. The van der Waals surface area contributed by atoms with Crippen LogP contribution < -0.4 is 5.32 Å². The maximum absolute atomic E-state index is 10.8. The average molecular weight is 291 g/mol. The molecular weight excluding hydrogens is 276 g/mol. The second kappa shape index (κ2) is 7.45. The van der Waals surface area contributed by atoms with Crippen molar-refractivity contribution in [3.63, 3.8) is 0 Å². The van der Waals surface area contributed by atoms with E-state index in [1.165, 1.54) is 12.1 Å². The number of hydrogen-bond acceptors (Lipinski definition) is 4. The van der Waals surface area contributed by atoms with Crippen molar-refractivity contribution in [1.29, 1.82) is 0 Å². The topological polar surface area (TPSA) is 72.2 Å². The van der Waals surface area contributed by atoms with Crippen LogP contribution >= 0.6 is 11.6 Å². The van der Waals surface area contributed by atoms with Gasteiger partial charge in [0, 0.05) is 41.5 Å². The zero-order chi connectivity index (χ0) is 13.5. The highest BCUT2D eigenvalue weighted by atomic mass is 35.5. The molecule has 0 bridgehead atoms. The number of hydrogen-bond donors (Lipinski definition) is 1. The highest BCUT2D eigenvalue weighted by Gasteiger charge is 2.08. The first kappa shape index (κ1) is 15.1. The molecule has 1 rings (SSSR count). The maximum atomic E-state index is 10.8. The van der Waals surface area contributed by atoms with Crippen molar-refractivity contribution in [2.24, 2.45) is 0 Å². The standard InChI is InChI=1S/C11H15ClN2O3S/c1-18(17)6-2-5-13-8-9-3-4-10(14(15)16)7-11(9)12/h3-4,7,13H,2,5-6,8H2,1H3. The van der Waals surface area contributed by atoms with Gasteiger partial charge in [0.25, 0.3) is 5.69 Å². The molecule has 100 valence electrons. The number of rotatable bonds is 7. The Morgan fingerprint density at radius 2 is 2.22 bits per heavy atom. The monoisotopic (exact) mass is 290 g/mol. The summed E-state index contributed by atoms with van der Waals surface area (Å²) < 4.78 is 10.8. The number of nitrogens with zero attached hydrogens (tertiary/aromatic N) is 1. The lowest BCUT2D eigenvalue weighted by molar-refractivity contribution is -0.384. The molecule has 1 aromatic carbocycles. The van der Waals surface area contributed by atoms with E-state index in [-0.39, 0.29) is 5.69 Å². The van der Waals surface area contributed by atoms with Gasteiger partial charge in [-0.1, -0.05) is 11.6 Å². The minimum atomic E-state index is -0.767. The molecule has 5 nitrogen and oxygen atoms in total. The van der Waals surface area contributed by atoms with Crippen molar-refractivity contribution in [3.8, 4) is 0 Å². The lowest BCUT2D eigenvalue weighted by atomic mass is 10.2. The Morgan fingerprint density at radius 1 is 1.50 bits per heavy atom. The first-order valence-electron chi connectivity index (χ1n) is 5.44. The van der Waals surface area contributed by atoms with E-state index in [0.717, 1.165) is 18.5 Å². The van der Waals surface area contributed by atoms with Crippen molar-refractivity contribution in [1.82, 2.24) is 5.32 Å². The Hall–Kier alpha value is -0.980. The van der Waals surface area contributed by atoms with Crippen LogP contribution in [0, 0.1) is 10.1 Å². The zero-order valence-electron chi connectivity index (χ0n) is 10.0. The number of nitrogens with one attached hydrogen (secondary N) is 1. The molecule has 0 aliphatic rings. The first-order chi connectivity index (χ1) is 8.50. The molecule has 0 spiro atoms. The fourth-order valence-electron chi connectivity index (χ4n) is 1.42. The molecule has 0 heterocycles. The Bertz CT molecular complexity index is 454. The number of halogens is 1. The molecule has 0 fully saturated rings. The summed E-state index contributed by atoms with van der Waals surface area (Å²) in [5, 5.41) is 14.1. The molecule has 0 aliphatic heterocycles. The van der Waals surface area contributed by atoms with E-state index in [4.69, 9.17) is 11.6 Å². The minimum absolute atomic E-state index is 0.00914. The van der Waals surface area contributed by atoms with Crippen molar-refractivity contribution in [2.75, 3.05) is 18.6 Å². The van der Waals surface area contributed by atoms with Gasteiger partial charge in [0.05, 0.1) is 9.95 Å². The summed E-state index contributed by atoms with van der Waals surface area (Å²) in [7, 11) is -0.767. The molecule has 0 amide bonds. The van der Waals surface area contributed by atoms with E-state index >= 15 is 0 Å². The van der Waals surface area contributed by atoms with E-state index < -0.39 is 15.7 Å². The number of nitro groups is 1. The van der Waals surface area contributed by atoms with Gasteiger partial charge in [-0.2, -0.15) is 0 Å². The SMILES string of the molecule is CS(=O)CCCNCc1ccc([N+](=O)[O-])cc1Cl. The van der Waals surface area contributed by atoms with E-state index in [1.807, 2.05) is 0 Å². The molecule has 0 saturated heterocycles. The molecule has 0 aliphatic carbocycles. The largest absolute Gasteiger partial charge is 0.313 e. The highest BCUT2D eigenvalue weighted by Crippen LogP contribution is 2.22. The Labute approximate surface area is 113 Å². The lowest BCUT2D eigenvalue weighted by Gasteiger charge is -2.06. The third-order valence-corrected chi connectivity index (χ3v) is 3.56. The van der Waals surface area contributed by atoms with Crippen LogP contribution in [-0.4, -0.2) is 27.7 Å². The fourth-order valence-corrected chi connectivity index (χ4v) is 2.21. The normalized spacial score (nSPS) is 12.3. The van der Waals surface area contributed by atoms with Crippen LogP contribution in [0.2, 0.25) is 5.02 Å². The third-order valence-electron chi connectivity index (χ3n) is 2.35. The van der Waals surface area contributed by atoms with E-state index in [2.05, 4.69) is 5.32 Å². The summed E-state index contributed by atoms with van der Waals surface area (Å²) in [5.41, 5.74) is 0.810. The summed E-state index contributed by atoms with van der Waals surface area (Å²) in [4.78, 5) is 10.1. The smallest absolute Gasteiger partial charge is 0.270 e. The van der Waals surface area contributed by atoms with Crippen molar-refractivity contribution in [2.45, 2.75) is 13.0 Å². The molecule has 1 N–H and O–H groups in total. The Morgan fingerprint density at radius 3 is 2.78 bits per heavy atom. The minimum Gasteiger partial charge on any atom is -0.313 e. The highest BCUT2D eigenvalue weighted by molar-refractivity contribution is 7.84. The fraction of sp³-hybridized carbons (Fsp3) is 0.455. The second-order valence-corrected chi connectivity index (χ2v) is 5.80. The average Bonchev–Trinajstić information content (AvgIpc) is 2.29. The van der Waals surface area contributed by atoms with Gasteiger partial charge in [-0.05, 0) is 24.6 Å². The first-order valence-corrected chi connectivity index (χ1v) is 7.55. The van der Waals surface area contributed by atoms with Gasteiger partial charge >= 0.3 is 0 Å². The van der Waals surface area contributed by atoms with E-state index in [0.29, 0.717) is 17.3 Å². The maximum Gasteiger partial charge on any atom is 0.270 e. The second-order valence-electron chi connectivity index (χ2n) is 3.84. The van der Waals surface area contributed by atoms with E-state index in [1.54, 1.807) is 12.3 Å². The number of benzene rings is 1. The molecule has 1 aromatic rings. The van der Waals surface area contributed by atoms with Crippen LogP contribution in [0.4, 0.5) is 5.69 Å². The summed E-state index contributed by atoms with van der Waals surface area (Å²) in [6.45, 7) is 1.29. The predicted octanol–water partition coefficient (Wildman–Crippen LogP) is 2.11. The van der Waals surface area contributed by atoms with Crippen LogP contribution in [0.15, 0.2) is 18.2 Å².